The largest absolute Gasteiger partial charge is 0.484 e. The molecule has 6 heteroatoms. The van der Waals surface area contributed by atoms with E-state index in [0.29, 0.717) is 6.54 Å². The summed E-state index contributed by atoms with van der Waals surface area (Å²) in [5, 5.41) is 3.08. The predicted molar refractivity (Wildman–Crippen MR) is 64.0 cm³/mol. The number of furan rings is 1. The molecule has 0 aliphatic rings. The number of rotatable bonds is 5. The van der Waals surface area contributed by atoms with Gasteiger partial charge in [0, 0.05) is 5.69 Å². The third kappa shape index (κ3) is 4.57. The molecule has 0 aliphatic heterocycles. The zero-order valence-electron chi connectivity index (χ0n) is 9.91. The van der Waals surface area contributed by atoms with Gasteiger partial charge >= 0.3 is 6.18 Å². The molecule has 1 N–H and O–H groups in total. The highest BCUT2D eigenvalue weighted by atomic mass is 19.4. The zero-order chi connectivity index (χ0) is 13.7. The molecule has 3 nitrogen and oxygen atoms in total. The zero-order valence-corrected chi connectivity index (χ0v) is 9.91. The molecule has 0 fully saturated rings. The molecule has 0 unspecified atom stereocenters. The van der Waals surface area contributed by atoms with E-state index in [-0.39, 0.29) is 5.75 Å². The number of alkyl halides is 3. The topological polar surface area (TPSA) is 34.4 Å². The fourth-order valence-electron chi connectivity index (χ4n) is 1.44. The summed E-state index contributed by atoms with van der Waals surface area (Å²) in [6.07, 6.45) is -2.75. The Balaban J connectivity index is 1.84. The summed E-state index contributed by atoms with van der Waals surface area (Å²) in [7, 11) is 0. The molecule has 0 atom stereocenters. The summed E-state index contributed by atoms with van der Waals surface area (Å²) in [5.41, 5.74) is 0.774. The molecule has 0 aliphatic carbocycles. The van der Waals surface area contributed by atoms with Crippen LogP contribution in [0.15, 0.2) is 47.1 Å². The molecule has 0 bridgehead atoms. The Morgan fingerprint density at radius 3 is 2.42 bits per heavy atom. The lowest BCUT2D eigenvalue weighted by molar-refractivity contribution is -0.153. The molecule has 1 aromatic carbocycles. The summed E-state index contributed by atoms with van der Waals surface area (Å²) >= 11 is 0. The third-order valence-electron chi connectivity index (χ3n) is 2.30. The number of anilines is 1. The number of nitrogens with one attached hydrogen (secondary N) is 1. The molecule has 102 valence electrons. The number of halogens is 3. The molecule has 0 amide bonds. The van der Waals surface area contributed by atoms with Crippen molar-refractivity contribution in [2.75, 3.05) is 11.9 Å². The van der Waals surface area contributed by atoms with Crippen molar-refractivity contribution in [1.29, 1.82) is 0 Å². The van der Waals surface area contributed by atoms with Crippen molar-refractivity contribution in [3.05, 3.63) is 48.4 Å². The Labute approximate surface area is 108 Å². The summed E-state index contributed by atoms with van der Waals surface area (Å²) in [5.74, 6) is 0.957. The minimum atomic E-state index is -4.32. The lowest BCUT2D eigenvalue weighted by atomic mass is 10.3. The summed E-state index contributed by atoms with van der Waals surface area (Å²) < 4.78 is 45.6. The van der Waals surface area contributed by atoms with Crippen LogP contribution in [0.4, 0.5) is 18.9 Å². The van der Waals surface area contributed by atoms with E-state index in [2.05, 4.69) is 10.1 Å². The van der Waals surface area contributed by atoms with Crippen molar-refractivity contribution in [1.82, 2.24) is 0 Å². The highest BCUT2D eigenvalue weighted by molar-refractivity contribution is 5.46. The maximum Gasteiger partial charge on any atom is 0.422 e. The Morgan fingerprint density at radius 2 is 1.84 bits per heavy atom. The summed E-state index contributed by atoms with van der Waals surface area (Å²) in [6, 6.07) is 9.87. The molecule has 1 aromatic heterocycles. The van der Waals surface area contributed by atoms with Crippen LogP contribution in [0.2, 0.25) is 0 Å². The molecule has 2 aromatic rings. The number of hydrogen-bond donors (Lipinski definition) is 1. The second kappa shape index (κ2) is 5.69. The SMILES string of the molecule is FC(F)(F)COc1ccc(NCc2ccco2)cc1. The van der Waals surface area contributed by atoms with Gasteiger partial charge in [0.05, 0.1) is 12.8 Å². The lowest BCUT2D eigenvalue weighted by Gasteiger charge is -2.10. The van der Waals surface area contributed by atoms with Crippen LogP contribution in [0.1, 0.15) is 5.76 Å². The van der Waals surface area contributed by atoms with E-state index in [1.165, 1.54) is 12.1 Å². The normalized spacial score (nSPS) is 11.3. The molecule has 1 heterocycles. The van der Waals surface area contributed by atoms with Crippen LogP contribution in [-0.2, 0) is 6.54 Å². The first-order valence-electron chi connectivity index (χ1n) is 5.59. The Morgan fingerprint density at radius 1 is 1.11 bits per heavy atom. The van der Waals surface area contributed by atoms with Gasteiger partial charge in [-0.05, 0) is 36.4 Å². The van der Waals surface area contributed by atoms with Crippen LogP contribution in [-0.4, -0.2) is 12.8 Å². The van der Waals surface area contributed by atoms with Crippen LogP contribution < -0.4 is 10.1 Å². The maximum atomic E-state index is 12.0. The van der Waals surface area contributed by atoms with Crippen molar-refractivity contribution in [2.45, 2.75) is 12.7 Å². The van der Waals surface area contributed by atoms with Crippen molar-refractivity contribution < 1.29 is 22.3 Å². The van der Waals surface area contributed by atoms with Gasteiger partial charge in [-0.2, -0.15) is 13.2 Å². The molecule has 0 spiro atoms. The Bertz CT molecular complexity index is 492. The first-order chi connectivity index (χ1) is 9.03. The van der Waals surface area contributed by atoms with E-state index in [9.17, 15) is 13.2 Å². The van der Waals surface area contributed by atoms with E-state index in [0.717, 1.165) is 11.4 Å². The molecule has 19 heavy (non-hydrogen) atoms. The number of ether oxygens (including phenoxy) is 1. The maximum absolute atomic E-state index is 12.0. The summed E-state index contributed by atoms with van der Waals surface area (Å²) in [4.78, 5) is 0. The number of hydrogen-bond acceptors (Lipinski definition) is 3. The smallest absolute Gasteiger partial charge is 0.422 e. The third-order valence-corrected chi connectivity index (χ3v) is 2.30. The predicted octanol–water partition coefficient (Wildman–Crippen LogP) is 3.83. The van der Waals surface area contributed by atoms with Crippen molar-refractivity contribution in [2.24, 2.45) is 0 Å². The quantitative estimate of drug-likeness (QED) is 0.897. The van der Waals surface area contributed by atoms with Crippen molar-refractivity contribution in [3.63, 3.8) is 0 Å². The second-order valence-corrected chi connectivity index (χ2v) is 3.86. The first-order valence-corrected chi connectivity index (χ1v) is 5.59. The lowest BCUT2D eigenvalue weighted by Crippen LogP contribution is -2.19. The van der Waals surface area contributed by atoms with Gasteiger partial charge in [-0.1, -0.05) is 0 Å². The van der Waals surface area contributed by atoms with Crippen molar-refractivity contribution in [3.8, 4) is 5.75 Å². The van der Waals surface area contributed by atoms with E-state index >= 15 is 0 Å². The summed E-state index contributed by atoms with van der Waals surface area (Å²) in [6.45, 7) is -0.776. The molecule has 0 radical (unpaired) electrons. The fraction of sp³-hybridized carbons (Fsp3) is 0.231. The average molecular weight is 271 g/mol. The molecule has 0 saturated carbocycles. The highest BCUT2D eigenvalue weighted by Gasteiger charge is 2.28. The van der Waals surface area contributed by atoms with Gasteiger partial charge in [-0.15, -0.1) is 0 Å². The molecule has 2 rings (SSSR count). The van der Waals surface area contributed by atoms with Crippen LogP contribution in [0, 0.1) is 0 Å². The van der Waals surface area contributed by atoms with E-state index in [1.807, 2.05) is 6.07 Å². The standard InChI is InChI=1S/C13H12F3NO2/c14-13(15,16)9-19-11-5-3-10(4-6-11)17-8-12-2-1-7-18-12/h1-7,17H,8-9H2. The minimum Gasteiger partial charge on any atom is -0.484 e. The molecular formula is C13H12F3NO2. The van der Waals surface area contributed by atoms with Gasteiger partial charge in [0.25, 0.3) is 0 Å². The monoisotopic (exact) mass is 271 g/mol. The Kier molecular flexibility index (Phi) is 3.99. The van der Waals surface area contributed by atoms with E-state index < -0.39 is 12.8 Å². The molecular weight excluding hydrogens is 259 g/mol. The average Bonchev–Trinajstić information content (AvgIpc) is 2.87. The highest BCUT2D eigenvalue weighted by Crippen LogP contribution is 2.20. The first kappa shape index (κ1) is 13.3. The van der Waals surface area contributed by atoms with Crippen LogP contribution in [0.25, 0.3) is 0 Å². The molecule has 0 saturated heterocycles. The number of benzene rings is 1. The van der Waals surface area contributed by atoms with E-state index in [4.69, 9.17) is 4.42 Å². The van der Waals surface area contributed by atoms with Gasteiger partial charge in [-0.25, -0.2) is 0 Å². The van der Waals surface area contributed by atoms with Gasteiger partial charge in [0.2, 0.25) is 0 Å². The Hall–Kier alpha value is -2.11. The van der Waals surface area contributed by atoms with Crippen LogP contribution in [0.5, 0.6) is 5.75 Å². The van der Waals surface area contributed by atoms with Gasteiger partial charge in [0.1, 0.15) is 11.5 Å². The van der Waals surface area contributed by atoms with Crippen LogP contribution >= 0.6 is 0 Å². The minimum absolute atomic E-state index is 0.181. The van der Waals surface area contributed by atoms with Gasteiger partial charge < -0.3 is 14.5 Å². The van der Waals surface area contributed by atoms with Gasteiger partial charge in [-0.3, -0.25) is 0 Å². The van der Waals surface area contributed by atoms with Crippen LogP contribution in [0.3, 0.4) is 0 Å². The van der Waals surface area contributed by atoms with Crippen molar-refractivity contribution >= 4 is 5.69 Å². The van der Waals surface area contributed by atoms with E-state index in [1.54, 1.807) is 24.5 Å². The second-order valence-electron chi connectivity index (χ2n) is 3.86. The fourth-order valence-corrected chi connectivity index (χ4v) is 1.44. The van der Waals surface area contributed by atoms with Gasteiger partial charge in [0.15, 0.2) is 6.61 Å².